The molecule has 1 fully saturated rings. The topological polar surface area (TPSA) is 64.4 Å². The van der Waals surface area contributed by atoms with Gasteiger partial charge in [0.05, 0.1) is 12.0 Å². The second kappa shape index (κ2) is 7.80. The lowest BCUT2D eigenvalue weighted by Gasteiger charge is -2.31. The molecular formula is C19H27N3O3S. The van der Waals surface area contributed by atoms with Crippen molar-refractivity contribution < 1.29 is 13.2 Å². The van der Waals surface area contributed by atoms with Gasteiger partial charge in [-0.15, -0.1) is 0 Å². The quantitative estimate of drug-likeness (QED) is 0.776. The van der Waals surface area contributed by atoms with E-state index in [1.165, 1.54) is 0 Å². The van der Waals surface area contributed by atoms with Gasteiger partial charge < -0.3 is 9.30 Å². The highest BCUT2D eigenvalue weighted by molar-refractivity contribution is 7.89. The van der Waals surface area contributed by atoms with Crippen molar-refractivity contribution in [3.63, 3.8) is 0 Å². The van der Waals surface area contributed by atoms with Crippen LogP contribution < -0.4 is 4.74 Å². The molecule has 142 valence electrons. The zero-order valence-electron chi connectivity index (χ0n) is 15.6. The molecule has 1 saturated heterocycles. The number of piperidine rings is 1. The van der Waals surface area contributed by atoms with Crippen molar-refractivity contribution in [1.29, 1.82) is 0 Å². The molecule has 2 heterocycles. The van der Waals surface area contributed by atoms with Crippen LogP contribution in [-0.2, 0) is 16.6 Å². The van der Waals surface area contributed by atoms with Gasteiger partial charge in [0.15, 0.2) is 0 Å². The third-order valence-electron chi connectivity index (χ3n) is 4.97. The Morgan fingerprint density at radius 2 is 2.00 bits per heavy atom. The van der Waals surface area contributed by atoms with Gasteiger partial charge in [0, 0.05) is 44.0 Å². The Morgan fingerprint density at radius 1 is 1.27 bits per heavy atom. The van der Waals surface area contributed by atoms with Gasteiger partial charge in [-0.25, -0.2) is 13.4 Å². The van der Waals surface area contributed by atoms with Crippen molar-refractivity contribution in [2.45, 2.75) is 44.0 Å². The summed E-state index contributed by atoms with van der Waals surface area (Å²) in [6.45, 7) is 6.29. The number of rotatable bonds is 6. The van der Waals surface area contributed by atoms with Crippen molar-refractivity contribution in [2.24, 2.45) is 5.92 Å². The first-order valence-corrected chi connectivity index (χ1v) is 10.5. The molecule has 0 amide bonds. The predicted octanol–water partition coefficient (Wildman–Crippen LogP) is 3.12. The van der Waals surface area contributed by atoms with E-state index in [2.05, 4.69) is 23.4 Å². The summed E-state index contributed by atoms with van der Waals surface area (Å²) in [4.78, 5) is 4.73. The van der Waals surface area contributed by atoms with Gasteiger partial charge in [0.2, 0.25) is 10.0 Å². The van der Waals surface area contributed by atoms with Gasteiger partial charge in [-0.2, -0.15) is 4.31 Å². The molecule has 0 aliphatic carbocycles. The zero-order chi connectivity index (χ0) is 18.7. The predicted molar refractivity (Wildman–Crippen MR) is 101 cm³/mol. The number of benzene rings is 1. The van der Waals surface area contributed by atoms with E-state index < -0.39 is 10.0 Å². The molecule has 26 heavy (non-hydrogen) atoms. The van der Waals surface area contributed by atoms with Crippen LogP contribution in [0.15, 0.2) is 41.6 Å². The van der Waals surface area contributed by atoms with E-state index in [-0.39, 0.29) is 0 Å². The van der Waals surface area contributed by atoms with Gasteiger partial charge in [-0.1, -0.05) is 19.9 Å². The standard InChI is InChI=1S/C19H27N3O3S/c1-15(2)19-20-9-12-21(19)14-16-7-10-22(11-8-16)26(23,24)18-6-4-5-17(13-18)25-3/h4-6,9,12-13,15-16H,7-8,10-11,14H2,1-3H3. The van der Waals surface area contributed by atoms with Gasteiger partial charge >= 0.3 is 0 Å². The molecule has 1 aromatic carbocycles. The van der Waals surface area contributed by atoms with E-state index in [1.807, 2.05) is 12.4 Å². The van der Waals surface area contributed by atoms with Crippen LogP contribution in [0, 0.1) is 5.92 Å². The van der Waals surface area contributed by atoms with E-state index in [1.54, 1.807) is 35.7 Å². The molecule has 0 N–H and O–H groups in total. The fraction of sp³-hybridized carbons (Fsp3) is 0.526. The first-order chi connectivity index (χ1) is 12.4. The van der Waals surface area contributed by atoms with Crippen molar-refractivity contribution in [3.8, 4) is 5.75 Å². The smallest absolute Gasteiger partial charge is 0.243 e. The Kier molecular flexibility index (Phi) is 5.67. The molecule has 6 nitrogen and oxygen atoms in total. The number of hydrogen-bond donors (Lipinski definition) is 0. The molecule has 0 unspecified atom stereocenters. The van der Waals surface area contributed by atoms with Crippen LogP contribution in [0.25, 0.3) is 0 Å². The largest absolute Gasteiger partial charge is 0.497 e. The molecule has 3 rings (SSSR count). The molecule has 0 saturated carbocycles. The minimum absolute atomic E-state index is 0.298. The lowest BCUT2D eigenvalue weighted by Crippen LogP contribution is -2.39. The second-order valence-corrected chi connectivity index (χ2v) is 9.06. The van der Waals surface area contributed by atoms with Crippen LogP contribution in [0.5, 0.6) is 5.75 Å². The summed E-state index contributed by atoms with van der Waals surface area (Å²) in [6.07, 6.45) is 5.59. The summed E-state index contributed by atoms with van der Waals surface area (Å²) in [5.74, 6) is 2.51. The Bertz CT molecular complexity index is 837. The van der Waals surface area contributed by atoms with Crippen LogP contribution in [-0.4, -0.2) is 42.5 Å². The van der Waals surface area contributed by atoms with E-state index in [4.69, 9.17) is 4.74 Å². The van der Waals surface area contributed by atoms with Gasteiger partial charge in [0.1, 0.15) is 11.6 Å². The van der Waals surface area contributed by atoms with Crippen LogP contribution in [0.3, 0.4) is 0 Å². The monoisotopic (exact) mass is 377 g/mol. The number of hydrogen-bond acceptors (Lipinski definition) is 4. The molecule has 2 aromatic rings. The Hall–Kier alpha value is -1.86. The summed E-state index contributed by atoms with van der Waals surface area (Å²) in [5.41, 5.74) is 0. The fourth-order valence-corrected chi connectivity index (χ4v) is 5.00. The lowest BCUT2D eigenvalue weighted by molar-refractivity contribution is 0.251. The maximum atomic E-state index is 12.9. The highest BCUT2D eigenvalue weighted by atomic mass is 32.2. The van der Waals surface area contributed by atoms with E-state index in [0.717, 1.165) is 25.2 Å². The highest BCUT2D eigenvalue weighted by Crippen LogP contribution is 2.27. The third-order valence-corrected chi connectivity index (χ3v) is 6.87. The molecule has 1 aromatic heterocycles. The summed E-state index contributed by atoms with van der Waals surface area (Å²) >= 11 is 0. The molecule has 7 heteroatoms. The maximum absolute atomic E-state index is 12.9. The zero-order valence-corrected chi connectivity index (χ0v) is 16.4. The van der Waals surface area contributed by atoms with Crippen molar-refractivity contribution >= 4 is 10.0 Å². The molecule has 0 radical (unpaired) electrons. The first kappa shape index (κ1) is 18.9. The molecule has 0 spiro atoms. The van der Waals surface area contributed by atoms with Gasteiger partial charge in [-0.05, 0) is 30.9 Å². The summed E-state index contributed by atoms with van der Waals surface area (Å²) < 4.78 is 34.7. The number of ether oxygens (including phenoxy) is 1. The van der Waals surface area contributed by atoms with Crippen LogP contribution in [0.2, 0.25) is 0 Å². The normalized spacial score (nSPS) is 16.9. The average Bonchev–Trinajstić information content (AvgIpc) is 3.10. The minimum Gasteiger partial charge on any atom is -0.497 e. The van der Waals surface area contributed by atoms with Crippen molar-refractivity contribution in [3.05, 3.63) is 42.5 Å². The average molecular weight is 378 g/mol. The van der Waals surface area contributed by atoms with Gasteiger partial charge in [-0.3, -0.25) is 0 Å². The number of imidazole rings is 1. The molecule has 1 aliphatic heterocycles. The minimum atomic E-state index is -3.47. The highest BCUT2D eigenvalue weighted by Gasteiger charge is 2.30. The Morgan fingerprint density at radius 3 is 2.65 bits per heavy atom. The number of sulfonamides is 1. The van der Waals surface area contributed by atoms with E-state index in [9.17, 15) is 8.42 Å². The van der Waals surface area contributed by atoms with Crippen LogP contribution in [0.4, 0.5) is 0 Å². The number of aromatic nitrogens is 2. The summed E-state index contributed by atoms with van der Waals surface area (Å²) in [7, 11) is -1.93. The molecule has 1 aliphatic rings. The van der Waals surface area contributed by atoms with E-state index >= 15 is 0 Å². The van der Waals surface area contributed by atoms with E-state index in [0.29, 0.717) is 35.6 Å². The number of methoxy groups -OCH3 is 1. The molecule has 0 bridgehead atoms. The molecular weight excluding hydrogens is 350 g/mol. The second-order valence-electron chi connectivity index (χ2n) is 7.12. The van der Waals surface area contributed by atoms with Crippen LogP contribution in [0.1, 0.15) is 38.4 Å². The summed E-state index contributed by atoms with van der Waals surface area (Å²) in [5, 5.41) is 0. The Balaban J connectivity index is 1.65. The Labute approximate surface area is 155 Å². The van der Waals surface area contributed by atoms with Crippen molar-refractivity contribution in [1.82, 2.24) is 13.9 Å². The fourth-order valence-electron chi connectivity index (χ4n) is 3.50. The van der Waals surface area contributed by atoms with Crippen LogP contribution >= 0.6 is 0 Å². The first-order valence-electron chi connectivity index (χ1n) is 9.07. The van der Waals surface area contributed by atoms with Gasteiger partial charge in [0.25, 0.3) is 0 Å². The SMILES string of the molecule is COc1cccc(S(=O)(=O)N2CCC(Cn3ccnc3C(C)C)CC2)c1. The summed E-state index contributed by atoms with van der Waals surface area (Å²) in [6, 6.07) is 6.68. The molecule has 0 atom stereocenters. The number of nitrogens with zero attached hydrogens (tertiary/aromatic N) is 3. The maximum Gasteiger partial charge on any atom is 0.243 e. The lowest BCUT2D eigenvalue weighted by atomic mass is 9.98. The third kappa shape index (κ3) is 3.94. The van der Waals surface area contributed by atoms with Crippen molar-refractivity contribution in [2.75, 3.05) is 20.2 Å².